The molecule has 0 bridgehead atoms. The van der Waals surface area contributed by atoms with E-state index in [-0.39, 0.29) is 5.91 Å². The topological polar surface area (TPSA) is 72.9 Å². The van der Waals surface area contributed by atoms with Gasteiger partial charge in [0.25, 0.3) is 5.91 Å². The van der Waals surface area contributed by atoms with E-state index in [2.05, 4.69) is 26.2 Å². The van der Waals surface area contributed by atoms with Crippen LogP contribution in [0.1, 0.15) is 10.5 Å². The van der Waals surface area contributed by atoms with Gasteiger partial charge in [0.15, 0.2) is 0 Å². The van der Waals surface area contributed by atoms with Crippen LogP contribution in [0.25, 0.3) is 0 Å². The predicted molar refractivity (Wildman–Crippen MR) is 69.7 cm³/mol. The first-order chi connectivity index (χ1) is 8.06. The zero-order valence-corrected chi connectivity index (χ0v) is 10.7. The lowest BCUT2D eigenvalue weighted by atomic mass is 10.3. The highest BCUT2D eigenvalue weighted by Gasteiger charge is 2.11. The van der Waals surface area contributed by atoms with Gasteiger partial charge in [0.2, 0.25) is 0 Å². The highest BCUT2D eigenvalue weighted by atomic mass is 79.9. The second-order valence-electron chi connectivity index (χ2n) is 3.62. The molecule has 0 atom stereocenters. The van der Waals surface area contributed by atoms with Gasteiger partial charge in [-0.25, -0.2) is 0 Å². The van der Waals surface area contributed by atoms with Crippen LogP contribution in [0.4, 0.5) is 11.4 Å². The Labute approximate surface area is 107 Å². The molecule has 0 aromatic carbocycles. The summed E-state index contributed by atoms with van der Waals surface area (Å²) in [4.78, 5) is 15.9. The Hall–Kier alpha value is -1.82. The molecule has 0 saturated carbocycles. The quantitative estimate of drug-likeness (QED) is 0.890. The van der Waals surface area contributed by atoms with E-state index in [9.17, 15) is 4.79 Å². The summed E-state index contributed by atoms with van der Waals surface area (Å²) >= 11 is 3.29. The SMILES string of the molecule is Cn1cc(N)cc1C(=O)Nc1cncc(Br)c1. The van der Waals surface area contributed by atoms with Crippen molar-refractivity contribution in [3.05, 3.63) is 40.9 Å². The Bertz CT molecular complexity index is 564. The molecule has 0 radical (unpaired) electrons. The lowest BCUT2D eigenvalue weighted by Crippen LogP contribution is -2.15. The molecule has 2 aromatic heterocycles. The second kappa shape index (κ2) is 4.58. The van der Waals surface area contributed by atoms with Gasteiger partial charge in [-0.15, -0.1) is 0 Å². The summed E-state index contributed by atoms with van der Waals surface area (Å²) in [6, 6.07) is 3.40. The van der Waals surface area contributed by atoms with Crippen LogP contribution in [-0.4, -0.2) is 15.5 Å². The minimum atomic E-state index is -0.218. The normalized spacial score (nSPS) is 10.2. The molecule has 0 aliphatic carbocycles. The van der Waals surface area contributed by atoms with Crippen LogP contribution in [-0.2, 0) is 7.05 Å². The molecule has 5 nitrogen and oxygen atoms in total. The molecule has 88 valence electrons. The lowest BCUT2D eigenvalue weighted by Gasteiger charge is -2.05. The minimum Gasteiger partial charge on any atom is -0.397 e. The van der Waals surface area contributed by atoms with Gasteiger partial charge in [-0.1, -0.05) is 0 Å². The van der Waals surface area contributed by atoms with Crippen LogP contribution in [0.5, 0.6) is 0 Å². The fourth-order valence-corrected chi connectivity index (χ4v) is 1.86. The Morgan fingerprint density at radius 3 is 2.82 bits per heavy atom. The molecule has 0 saturated heterocycles. The molecule has 2 rings (SSSR count). The standard InChI is InChI=1S/C11H11BrN4O/c1-16-6-8(13)3-10(16)11(17)15-9-2-7(12)4-14-5-9/h2-6H,13H2,1H3,(H,15,17). The Morgan fingerprint density at radius 2 is 2.24 bits per heavy atom. The predicted octanol–water partition coefficient (Wildman–Crippen LogP) is 2.02. The number of pyridine rings is 1. The number of aromatic nitrogens is 2. The smallest absolute Gasteiger partial charge is 0.272 e. The number of nitrogens with two attached hydrogens (primary N) is 1. The number of anilines is 2. The molecular weight excluding hydrogens is 284 g/mol. The number of nitrogens with zero attached hydrogens (tertiary/aromatic N) is 2. The van der Waals surface area contributed by atoms with Crippen LogP contribution in [0, 0.1) is 0 Å². The van der Waals surface area contributed by atoms with E-state index in [0.717, 1.165) is 4.47 Å². The van der Waals surface area contributed by atoms with E-state index in [0.29, 0.717) is 17.1 Å². The third-order valence-electron chi connectivity index (χ3n) is 2.22. The summed E-state index contributed by atoms with van der Waals surface area (Å²) in [6.45, 7) is 0. The average Bonchev–Trinajstić information content (AvgIpc) is 2.58. The van der Waals surface area contributed by atoms with Crippen molar-refractivity contribution in [3.8, 4) is 0 Å². The molecule has 2 heterocycles. The van der Waals surface area contributed by atoms with Crippen LogP contribution >= 0.6 is 15.9 Å². The van der Waals surface area contributed by atoms with Crippen molar-refractivity contribution in [2.45, 2.75) is 0 Å². The van der Waals surface area contributed by atoms with Gasteiger partial charge in [0, 0.05) is 23.9 Å². The fraction of sp³-hybridized carbons (Fsp3) is 0.0909. The number of hydrogen-bond acceptors (Lipinski definition) is 3. The summed E-state index contributed by atoms with van der Waals surface area (Å²) < 4.78 is 2.48. The summed E-state index contributed by atoms with van der Waals surface area (Å²) in [5.74, 6) is -0.218. The van der Waals surface area contributed by atoms with Gasteiger partial charge in [-0.3, -0.25) is 9.78 Å². The molecule has 6 heteroatoms. The zero-order chi connectivity index (χ0) is 12.4. The van der Waals surface area contributed by atoms with Crippen molar-refractivity contribution >= 4 is 33.2 Å². The maximum atomic E-state index is 11.9. The van der Waals surface area contributed by atoms with Crippen molar-refractivity contribution in [2.24, 2.45) is 7.05 Å². The van der Waals surface area contributed by atoms with E-state index in [1.54, 1.807) is 42.3 Å². The molecule has 0 aliphatic rings. The van der Waals surface area contributed by atoms with Crippen molar-refractivity contribution < 1.29 is 4.79 Å². The van der Waals surface area contributed by atoms with Gasteiger partial charge in [-0.05, 0) is 28.1 Å². The number of halogens is 1. The fourth-order valence-electron chi connectivity index (χ4n) is 1.49. The summed E-state index contributed by atoms with van der Waals surface area (Å²) in [5.41, 5.74) is 7.31. The summed E-state index contributed by atoms with van der Waals surface area (Å²) in [7, 11) is 1.77. The first-order valence-corrected chi connectivity index (χ1v) is 5.69. The first kappa shape index (κ1) is 11.7. The van der Waals surface area contributed by atoms with Crippen molar-refractivity contribution in [3.63, 3.8) is 0 Å². The Balaban J connectivity index is 2.20. The highest BCUT2D eigenvalue weighted by Crippen LogP contribution is 2.15. The molecule has 1 amide bonds. The summed E-state index contributed by atoms with van der Waals surface area (Å²) in [6.07, 6.45) is 4.92. The van der Waals surface area contributed by atoms with Crippen molar-refractivity contribution in [2.75, 3.05) is 11.1 Å². The molecule has 0 fully saturated rings. The maximum absolute atomic E-state index is 11.9. The molecule has 17 heavy (non-hydrogen) atoms. The lowest BCUT2D eigenvalue weighted by molar-refractivity contribution is 0.101. The number of carbonyl (C=O) groups is 1. The zero-order valence-electron chi connectivity index (χ0n) is 9.14. The monoisotopic (exact) mass is 294 g/mol. The van der Waals surface area contributed by atoms with Crippen LogP contribution < -0.4 is 11.1 Å². The van der Waals surface area contributed by atoms with Gasteiger partial charge < -0.3 is 15.6 Å². The number of carbonyl (C=O) groups excluding carboxylic acids is 1. The van der Waals surface area contributed by atoms with Gasteiger partial charge in [-0.2, -0.15) is 0 Å². The number of aryl methyl sites for hydroxylation is 1. The number of nitrogens with one attached hydrogen (secondary N) is 1. The summed E-state index contributed by atoms with van der Waals surface area (Å²) in [5, 5.41) is 2.75. The third kappa shape index (κ3) is 2.65. The molecule has 0 aliphatic heterocycles. The van der Waals surface area contributed by atoms with E-state index < -0.39 is 0 Å². The Kier molecular flexibility index (Phi) is 3.14. The van der Waals surface area contributed by atoms with Crippen LogP contribution in [0.15, 0.2) is 35.2 Å². The molecule has 0 spiro atoms. The molecule has 0 unspecified atom stereocenters. The van der Waals surface area contributed by atoms with E-state index in [1.165, 1.54) is 0 Å². The van der Waals surface area contributed by atoms with Crippen LogP contribution in [0.2, 0.25) is 0 Å². The molecule has 3 N–H and O–H groups in total. The number of hydrogen-bond donors (Lipinski definition) is 2. The van der Waals surface area contributed by atoms with Gasteiger partial charge in [0.05, 0.1) is 17.6 Å². The van der Waals surface area contributed by atoms with Crippen molar-refractivity contribution in [1.82, 2.24) is 9.55 Å². The number of amides is 1. The van der Waals surface area contributed by atoms with Gasteiger partial charge in [0.1, 0.15) is 5.69 Å². The minimum absolute atomic E-state index is 0.218. The number of rotatable bonds is 2. The number of nitrogen functional groups attached to an aromatic ring is 1. The first-order valence-electron chi connectivity index (χ1n) is 4.90. The highest BCUT2D eigenvalue weighted by molar-refractivity contribution is 9.10. The Morgan fingerprint density at radius 1 is 1.47 bits per heavy atom. The van der Waals surface area contributed by atoms with Crippen LogP contribution in [0.3, 0.4) is 0 Å². The van der Waals surface area contributed by atoms with Crippen molar-refractivity contribution in [1.29, 1.82) is 0 Å². The van der Waals surface area contributed by atoms with E-state index >= 15 is 0 Å². The largest absolute Gasteiger partial charge is 0.397 e. The van der Waals surface area contributed by atoms with E-state index in [4.69, 9.17) is 5.73 Å². The third-order valence-corrected chi connectivity index (χ3v) is 2.66. The molecular formula is C11H11BrN4O. The molecule has 2 aromatic rings. The average molecular weight is 295 g/mol. The maximum Gasteiger partial charge on any atom is 0.272 e. The van der Waals surface area contributed by atoms with E-state index in [1.807, 2.05) is 0 Å². The second-order valence-corrected chi connectivity index (χ2v) is 4.53. The van der Waals surface area contributed by atoms with Gasteiger partial charge >= 0.3 is 0 Å².